The Morgan fingerprint density at radius 2 is 1.89 bits per heavy atom. The molecule has 0 bridgehead atoms. The predicted octanol–water partition coefficient (Wildman–Crippen LogP) is 6.96. The summed E-state index contributed by atoms with van der Waals surface area (Å²) in [7, 11) is 0. The summed E-state index contributed by atoms with van der Waals surface area (Å²) in [6.45, 7) is 5.97. The average molecular weight is 441 g/mol. The Kier molecular flexibility index (Phi) is 6.70. The Hall–Kier alpha value is -2.28. The van der Waals surface area contributed by atoms with E-state index in [4.69, 9.17) is 5.73 Å². The first kappa shape index (κ1) is 21.0. The van der Waals surface area contributed by atoms with Crippen LogP contribution in [0.4, 0.5) is 24.5 Å². The van der Waals surface area contributed by atoms with Crippen molar-refractivity contribution in [1.82, 2.24) is 0 Å². The molecule has 2 N–H and O–H groups in total. The quantitative estimate of drug-likeness (QED) is 0.403. The minimum atomic E-state index is -4.72. The standard InChI is InChI=1S/C20H20BrF3N2O/c1-4-12(2)9-10-26-19-13(3)16(11-17(25)18(19)21)14-5-7-15(8-6-14)27-20(22,23)24/h5-11H,4,25H2,1-3H3/b12-9+,26-10?. The van der Waals surface area contributed by atoms with Gasteiger partial charge in [-0.2, -0.15) is 0 Å². The van der Waals surface area contributed by atoms with Gasteiger partial charge in [-0.1, -0.05) is 24.6 Å². The van der Waals surface area contributed by atoms with E-state index >= 15 is 0 Å². The van der Waals surface area contributed by atoms with Gasteiger partial charge >= 0.3 is 6.36 Å². The molecule has 0 saturated heterocycles. The van der Waals surface area contributed by atoms with Crippen LogP contribution in [0.3, 0.4) is 0 Å². The van der Waals surface area contributed by atoms with Crippen LogP contribution in [0.5, 0.6) is 5.75 Å². The first-order chi connectivity index (χ1) is 12.6. The van der Waals surface area contributed by atoms with Crippen LogP contribution >= 0.6 is 15.9 Å². The summed E-state index contributed by atoms with van der Waals surface area (Å²) >= 11 is 3.46. The van der Waals surface area contributed by atoms with Gasteiger partial charge < -0.3 is 10.5 Å². The molecule has 0 aliphatic heterocycles. The van der Waals surface area contributed by atoms with Crippen molar-refractivity contribution in [3.63, 3.8) is 0 Å². The molecule has 0 heterocycles. The largest absolute Gasteiger partial charge is 0.573 e. The zero-order chi connectivity index (χ0) is 20.2. The summed E-state index contributed by atoms with van der Waals surface area (Å²) in [5, 5.41) is 0. The fraction of sp³-hybridized carbons (Fsp3) is 0.250. The van der Waals surface area contributed by atoms with Gasteiger partial charge in [0.25, 0.3) is 0 Å². The van der Waals surface area contributed by atoms with E-state index in [-0.39, 0.29) is 5.75 Å². The zero-order valence-electron chi connectivity index (χ0n) is 15.2. The molecule has 0 radical (unpaired) electrons. The van der Waals surface area contributed by atoms with Crippen LogP contribution in [0.25, 0.3) is 11.1 Å². The number of aliphatic imine (C=N–C) groups is 1. The Morgan fingerprint density at radius 1 is 1.26 bits per heavy atom. The fourth-order valence-electron chi connectivity index (χ4n) is 2.40. The van der Waals surface area contributed by atoms with Gasteiger partial charge in [0.05, 0.1) is 10.2 Å². The molecule has 144 valence electrons. The number of nitrogens with two attached hydrogens (primary N) is 1. The maximum Gasteiger partial charge on any atom is 0.573 e. The van der Waals surface area contributed by atoms with Crippen LogP contribution in [-0.4, -0.2) is 12.6 Å². The lowest BCUT2D eigenvalue weighted by molar-refractivity contribution is -0.274. The molecule has 27 heavy (non-hydrogen) atoms. The molecule has 0 amide bonds. The van der Waals surface area contributed by atoms with Crippen LogP contribution in [0, 0.1) is 6.92 Å². The lowest BCUT2D eigenvalue weighted by Gasteiger charge is -2.14. The third-order valence-corrected chi connectivity index (χ3v) is 4.87. The molecule has 2 rings (SSSR count). The molecule has 7 heteroatoms. The number of hydrogen-bond donors (Lipinski definition) is 1. The number of rotatable bonds is 5. The van der Waals surface area contributed by atoms with Crippen molar-refractivity contribution in [2.45, 2.75) is 33.6 Å². The number of hydrogen-bond acceptors (Lipinski definition) is 3. The van der Waals surface area contributed by atoms with E-state index in [9.17, 15) is 13.2 Å². The van der Waals surface area contributed by atoms with E-state index in [0.717, 1.165) is 23.1 Å². The first-order valence-electron chi connectivity index (χ1n) is 8.27. The van der Waals surface area contributed by atoms with Gasteiger partial charge in [-0.25, -0.2) is 0 Å². The summed E-state index contributed by atoms with van der Waals surface area (Å²) in [5.41, 5.74) is 10.8. The molecular formula is C20H20BrF3N2O. The number of anilines is 1. The summed E-state index contributed by atoms with van der Waals surface area (Å²) in [4.78, 5) is 4.50. The van der Waals surface area contributed by atoms with Gasteiger partial charge in [-0.3, -0.25) is 4.99 Å². The fourth-order valence-corrected chi connectivity index (χ4v) is 2.92. The molecule has 0 aromatic heterocycles. The maximum absolute atomic E-state index is 12.3. The minimum absolute atomic E-state index is 0.271. The van der Waals surface area contributed by atoms with E-state index in [1.165, 1.54) is 17.7 Å². The van der Waals surface area contributed by atoms with E-state index in [1.807, 2.05) is 19.9 Å². The van der Waals surface area contributed by atoms with Crippen LogP contribution in [-0.2, 0) is 0 Å². The highest BCUT2D eigenvalue weighted by Gasteiger charge is 2.31. The highest BCUT2D eigenvalue weighted by molar-refractivity contribution is 9.10. The Balaban J connectivity index is 2.43. The second-order valence-corrected chi connectivity index (χ2v) is 6.81. The summed E-state index contributed by atoms with van der Waals surface area (Å²) < 4.78 is 41.5. The zero-order valence-corrected chi connectivity index (χ0v) is 16.8. The third-order valence-electron chi connectivity index (χ3n) is 4.04. The van der Waals surface area contributed by atoms with Gasteiger partial charge in [0.2, 0.25) is 0 Å². The molecular weight excluding hydrogens is 421 g/mol. The summed E-state index contributed by atoms with van der Waals surface area (Å²) in [5.74, 6) is -0.271. The number of nitrogens with zero attached hydrogens (tertiary/aromatic N) is 1. The van der Waals surface area contributed by atoms with Gasteiger partial charge in [0.1, 0.15) is 5.75 Å². The molecule has 2 aromatic carbocycles. The van der Waals surface area contributed by atoms with Gasteiger partial charge in [0, 0.05) is 11.9 Å². The van der Waals surface area contributed by atoms with Crippen LogP contribution < -0.4 is 10.5 Å². The normalized spacial score (nSPS) is 12.6. The second-order valence-electron chi connectivity index (χ2n) is 6.02. The molecule has 0 aliphatic carbocycles. The number of alkyl halides is 3. The third kappa shape index (κ3) is 5.60. The van der Waals surface area contributed by atoms with Gasteiger partial charge in [-0.15, -0.1) is 13.2 Å². The van der Waals surface area contributed by atoms with Crippen molar-refractivity contribution >= 4 is 33.5 Å². The van der Waals surface area contributed by atoms with Crippen molar-refractivity contribution in [2.75, 3.05) is 5.73 Å². The molecule has 3 nitrogen and oxygen atoms in total. The number of halogens is 4. The second kappa shape index (κ2) is 8.61. The molecule has 0 saturated carbocycles. The smallest absolute Gasteiger partial charge is 0.406 e. The lowest BCUT2D eigenvalue weighted by atomic mass is 9.98. The van der Waals surface area contributed by atoms with Gasteiger partial charge in [0.15, 0.2) is 0 Å². The van der Waals surface area contributed by atoms with Crippen molar-refractivity contribution in [3.8, 4) is 16.9 Å². The highest BCUT2D eigenvalue weighted by atomic mass is 79.9. The van der Waals surface area contributed by atoms with Crippen LogP contribution in [0.2, 0.25) is 0 Å². The van der Waals surface area contributed by atoms with E-state index < -0.39 is 6.36 Å². The van der Waals surface area contributed by atoms with Crippen molar-refractivity contribution in [1.29, 1.82) is 0 Å². The monoisotopic (exact) mass is 440 g/mol. The summed E-state index contributed by atoms with van der Waals surface area (Å²) in [6.07, 6.45) is -0.139. The number of ether oxygens (including phenoxy) is 1. The average Bonchev–Trinajstić information content (AvgIpc) is 2.60. The highest BCUT2D eigenvalue weighted by Crippen LogP contribution is 2.40. The SMILES string of the molecule is CC/C(C)=C/C=Nc1c(C)c(-c2ccc(OC(F)(F)F)cc2)cc(N)c1Br. The Bertz CT molecular complexity index is 872. The molecule has 2 aromatic rings. The molecule has 0 aliphatic rings. The van der Waals surface area contributed by atoms with Gasteiger partial charge in [-0.05, 0) is 77.2 Å². The van der Waals surface area contributed by atoms with E-state index in [1.54, 1.807) is 24.4 Å². The van der Waals surface area contributed by atoms with Crippen LogP contribution in [0.15, 0.2) is 51.4 Å². The Morgan fingerprint density at radius 3 is 2.44 bits per heavy atom. The lowest BCUT2D eigenvalue weighted by Crippen LogP contribution is -2.16. The molecule has 0 atom stereocenters. The van der Waals surface area contributed by atoms with Crippen molar-refractivity contribution in [2.24, 2.45) is 4.99 Å². The predicted molar refractivity (Wildman–Crippen MR) is 108 cm³/mol. The minimum Gasteiger partial charge on any atom is -0.406 e. The van der Waals surface area contributed by atoms with Crippen LogP contribution in [0.1, 0.15) is 25.8 Å². The van der Waals surface area contributed by atoms with E-state index in [0.29, 0.717) is 15.8 Å². The molecule has 0 spiro atoms. The Labute approximate surface area is 164 Å². The first-order valence-corrected chi connectivity index (χ1v) is 9.06. The molecule has 0 fully saturated rings. The number of allylic oxidation sites excluding steroid dienone is 2. The molecule has 0 unspecified atom stereocenters. The topological polar surface area (TPSA) is 47.6 Å². The summed E-state index contributed by atoms with van der Waals surface area (Å²) in [6, 6.07) is 7.44. The number of nitrogen functional groups attached to an aromatic ring is 1. The maximum atomic E-state index is 12.3. The van der Waals surface area contributed by atoms with Crippen molar-refractivity contribution < 1.29 is 17.9 Å². The van der Waals surface area contributed by atoms with Crippen molar-refractivity contribution in [3.05, 3.63) is 52.0 Å². The number of benzene rings is 2. The van der Waals surface area contributed by atoms with E-state index in [2.05, 4.69) is 32.6 Å².